The quantitative estimate of drug-likeness (QED) is 0.734. The van der Waals surface area contributed by atoms with Gasteiger partial charge in [-0.3, -0.25) is 10.1 Å². The number of benzene rings is 2. The average molecular weight is 341 g/mol. The molecule has 0 spiro atoms. The van der Waals surface area contributed by atoms with Crippen molar-refractivity contribution in [1.29, 1.82) is 0 Å². The normalized spacial score (nSPS) is 11.9. The minimum atomic E-state index is -0.287. The minimum absolute atomic E-state index is 0.160. The first-order valence-corrected chi connectivity index (χ1v) is 8.05. The molecule has 1 amide bonds. The third-order valence-corrected chi connectivity index (χ3v) is 4.17. The van der Waals surface area contributed by atoms with E-state index in [1.54, 1.807) is 6.20 Å². The molecular formula is C19H17ClN2O2. The molecule has 3 rings (SSSR count). The number of amides is 1. The lowest BCUT2D eigenvalue weighted by molar-refractivity contribution is -0.117. The van der Waals surface area contributed by atoms with Gasteiger partial charge in [0.05, 0.1) is 12.1 Å². The molecule has 0 bridgehead atoms. The van der Waals surface area contributed by atoms with E-state index in [0.717, 1.165) is 11.1 Å². The summed E-state index contributed by atoms with van der Waals surface area (Å²) >= 11 is 6.14. The zero-order valence-corrected chi connectivity index (χ0v) is 14.0. The van der Waals surface area contributed by atoms with E-state index in [1.807, 2.05) is 61.5 Å². The molecule has 0 saturated heterocycles. The topological polar surface area (TPSA) is 55.1 Å². The Morgan fingerprint density at radius 3 is 2.62 bits per heavy atom. The zero-order valence-electron chi connectivity index (χ0n) is 13.2. The predicted octanol–water partition coefficient (Wildman–Crippen LogP) is 4.66. The third-order valence-electron chi connectivity index (χ3n) is 3.80. The second-order valence-corrected chi connectivity index (χ2v) is 5.93. The molecule has 2 aromatic carbocycles. The van der Waals surface area contributed by atoms with E-state index in [-0.39, 0.29) is 17.8 Å². The van der Waals surface area contributed by atoms with Gasteiger partial charge in [0.1, 0.15) is 5.76 Å². The molecule has 0 aliphatic rings. The Labute approximate surface area is 145 Å². The first kappa shape index (κ1) is 16.3. The van der Waals surface area contributed by atoms with Crippen LogP contribution in [0.25, 0.3) is 0 Å². The highest BCUT2D eigenvalue weighted by Gasteiger charge is 2.17. The molecule has 1 N–H and O–H groups in total. The van der Waals surface area contributed by atoms with Crippen LogP contribution in [0.15, 0.2) is 65.2 Å². The van der Waals surface area contributed by atoms with E-state index in [1.165, 1.54) is 0 Å². The van der Waals surface area contributed by atoms with Crippen molar-refractivity contribution in [3.8, 4) is 0 Å². The van der Waals surface area contributed by atoms with Crippen LogP contribution in [-0.2, 0) is 11.2 Å². The largest absolute Gasteiger partial charge is 0.428 e. The highest BCUT2D eigenvalue weighted by molar-refractivity contribution is 6.31. The summed E-state index contributed by atoms with van der Waals surface area (Å²) in [7, 11) is 0. The molecule has 24 heavy (non-hydrogen) atoms. The predicted molar refractivity (Wildman–Crippen MR) is 94.2 cm³/mol. The molecule has 1 atom stereocenters. The van der Waals surface area contributed by atoms with Gasteiger partial charge in [0.15, 0.2) is 0 Å². The summed E-state index contributed by atoms with van der Waals surface area (Å²) in [6.45, 7) is 1.85. The maximum atomic E-state index is 12.3. The van der Waals surface area contributed by atoms with Crippen molar-refractivity contribution in [1.82, 2.24) is 4.98 Å². The van der Waals surface area contributed by atoms with E-state index in [4.69, 9.17) is 16.0 Å². The molecular weight excluding hydrogens is 324 g/mol. The maximum Gasteiger partial charge on any atom is 0.301 e. The Bertz CT molecular complexity index is 830. The zero-order chi connectivity index (χ0) is 16.9. The Morgan fingerprint density at radius 2 is 1.88 bits per heavy atom. The van der Waals surface area contributed by atoms with Crippen molar-refractivity contribution >= 4 is 23.5 Å². The van der Waals surface area contributed by atoms with Gasteiger partial charge in [0.2, 0.25) is 5.91 Å². The van der Waals surface area contributed by atoms with Crippen LogP contribution in [0.1, 0.15) is 29.7 Å². The van der Waals surface area contributed by atoms with Crippen LogP contribution >= 0.6 is 11.6 Å². The fourth-order valence-electron chi connectivity index (χ4n) is 2.38. The summed E-state index contributed by atoms with van der Waals surface area (Å²) in [4.78, 5) is 16.4. The summed E-state index contributed by atoms with van der Waals surface area (Å²) in [5.41, 5.74) is 1.89. The molecule has 1 aromatic heterocycles. The summed E-state index contributed by atoms with van der Waals surface area (Å²) in [6.07, 6.45) is 2.13. The van der Waals surface area contributed by atoms with Gasteiger partial charge in [-0.1, -0.05) is 60.1 Å². The summed E-state index contributed by atoms with van der Waals surface area (Å²) < 4.78 is 5.60. The number of anilines is 1. The Balaban J connectivity index is 1.66. The molecule has 4 nitrogen and oxygen atoms in total. The molecule has 1 heterocycles. The average Bonchev–Trinajstić information content (AvgIpc) is 3.04. The molecule has 0 aliphatic heterocycles. The number of carbonyl (C=O) groups excluding carboxylic acids is 1. The molecule has 0 saturated carbocycles. The van der Waals surface area contributed by atoms with E-state index in [0.29, 0.717) is 17.2 Å². The maximum absolute atomic E-state index is 12.3. The van der Waals surface area contributed by atoms with Crippen LogP contribution < -0.4 is 5.32 Å². The first-order chi connectivity index (χ1) is 11.6. The molecule has 0 fully saturated rings. The molecule has 122 valence electrons. The molecule has 5 heteroatoms. The van der Waals surface area contributed by atoms with Gasteiger partial charge in [0, 0.05) is 11.4 Å². The summed E-state index contributed by atoms with van der Waals surface area (Å²) in [5.74, 6) is 0.197. The monoisotopic (exact) mass is 340 g/mol. The molecule has 3 aromatic rings. The van der Waals surface area contributed by atoms with Crippen LogP contribution in [0.4, 0.5) is 6.01 Å². The van der Waals surface area contributed by atoms with Crippen molar-refractivity contribution in [2.45, 2.75) is 19.3 Å². The van der Waals surface area contributed by atoms with Crippen molar-refractivity contribution in [2.75, 3.05) is 5.32 Å². The number of nitrogens with one attached hydrogen (secondary N) is 1. The first-order valence-electron chi connectivity index (χ1n) is 7.67. The minimum Gasteiger partial charge on any atom is -0.428 e. The Morgan fingerprint density at radius 1 is 1.17 bits per heavy atom. The van der Waals surface area contributed by atoms with E-state index in [2.05, 4.69) is 10.3 Å². The number of hydrogen-bond acceptors (Lipinski definition) is 3. The van der Waals surface area contributed by atoms with Gasteiger partial charge in [-0.15, -0.1) is 0 Å². The lowest BCUT2D eigenvalue weighted by Crippen LogP contribution is -2.18. The number of rotatable bonds is 5. The van der Waals surface area contributed by atoms with Crippen LogP contribution in [-0.4, -0.2) is 10.9 Å². The van der Waals surface area contributed by atoms with Gasteiger partial charge in [-0.2, -0.15) is 0 Å². The lowest BCUT2D eigenvalue weighted by atomic mass is 10.0. The van der Waals surface area contributed by atoms with Crippen molar-refractivity contribution < 1.29 is 9.21 Å². The third kappa shape index (κ3) is 3.84. The standard InChI is InChI=1S/C19H17ClN2O2/c1-13(14-7-3-2-4-8-14)18(23)22-19-21-12-16(24-19)11-15-9-5-6-10-17(15)20/h2-10,12-13H,11H2,1H3,(H,21,22,23). The van der Waals surface area contributed by atoms with Crippen molar-refractivity contribution in [2.24, 2.45) is 0 Å². The number of hydrogen-bond donors (Lipinski definition) is 1. The SMILES string of the molecule is CC(C(=O)Nc1ncc(Cc2ccccc2Cl)o1)c1ccccc1. The lowest BCUT2D eigenvalue weighted by Gasteiger charge is -2.10. The molecule has 1 unspecified atom stereocenters. The highest BCUT2D eigenvalue weighted by atomic mass is 35.5. The number of nitrogens with zero attached hydrogens (tertiary/aromatic N) is 1. The molecule has 0 aliphatic carbocycles. The number of carbonyl (C=O) groups is 1. The van der Waals surface area contributed by atoms with Crippen LogP contribution in [0.2, 0.25) is 5.02 Å². The van der Waals surface area contributed by atoms with Gasteiger partial charge in [-0.05, 0) is 24.1 Å². The van der Waals surface area contributed by atoms with Crippen LogP contribution in [0.3, 0.4) is 0 Å². The summed E-state index contributed by atoms with van der Waals surface area (Å²) in [6, 6.07) is 17.3. The molecule has 0 radical (unpaired) electrons. The fourth-order valence-corrected chi connectivity index (χ4v) is 2.59. The summed E-state index contributed by atoms with van der Waals surface area (Å²) in [5, 5.41) is 3.39. The second-order valence-electron chi connectivity index (χ2n) is 5.52. The fraction of sp³-hybridized carbons (Fsp3) is 0.158. The van der Waals surface area contributed by atoms with E-state index >= 15 is 0 Å². The van der Waals surface area contributed by atoms with Crippen molar-refractivity contribution in [3.05, 3.63) is 82.7 Å². The van der Waals surface area contributed by atoms with E-state index in [9.17, 15) is 4.79 Å². The smallest absolute Gasteiger partial charge is 0.301 e. The van der Waals surface area contributed by atoms with Crippen molar-refractivity contribution in [3.63, 3.8) is 0 Å². The van der Waals surface area contributed by atoms with Crippen LogP contribution in [0, 0.1) is 0 Å². The van der Waals surface area contributed by atoms with Gasteiger partial charge in [0.25, 0.3) is 0 Å². The Hall–Kier alpha value is -2.59. The van der Waals surface area contributed by atoms with Crippen LogP contribution in [0.5, 0.6) is 0 Å². The van der Waals surface area contributed by atoms with Gasteiger partial charge < -0.3 is 4.42 Å². The van der Waals surface area contributed by atoms with E-state index < -0.39 is 0 Å². The number of oxazole rings is 1. The highest BCUT2D eigenvalue weighted by Crippen LogP contribution is 2.21. The number of halogens is 1. The van der Waals surface area contributed by atoms with Gasteiger partial charge in [-0.25, -0.2) is 4.98 Å². The number of aromatic nitrogens is 1. The second kappa shape index (κ2) is 7.32. The Kier molecular flexibility index (Phi) is 4.96. The van der Waals surface area contributed by atoms with Gasteiger partial charge >= 0.3 is 6.01 Å².